The van der Waals surface area contributed by atoms with E-state index in [-0.39, 0.29) is 11.9 Å². The molecule has 0 spiro atoms. The van der Waals surface area contributed by atoms with Gasteiger partial charge in [-0.15, -0.1) is 0 Å². The quantitative estimate of drug-likeness (QED) is 0.857. The average Bonchev–Trinajstić information content (AvgIpc) is 3.01. The van der Waals surface area contributed by atoms with Crippen LogP contribution in [0.4, 0.5) is 5.69 Å². The van der Waals surface area contributed by atoms with Gasteiger partial charge in [0.2, 0.25) is 5.91 Å². The van der Waals surface area contributed by atoms with Gasteiger partial charge >= 0.3 is 6.01 Å². The summed E-state index contributed by atoms with van der Waals surface area (Å²) >= 11 is 0. The summed E-state index contributed by atoms with van der Waals surface area (Å²) in [5.41, 5.74) is 0.709. The molecule has 1 atom stereocenters. The lowest BCUT2D eigenvalue weighted by molar-refractivity contribution is -0.116. The van der Waals surface area contributed by atoms with Crippen molar-refractivity contribution >= 4 is 11.6 Å². The molecule has 1 amide bonds. The number of hydrogen-bond acceptors (Lipinski definition) is 4. The number of anilines is 1. The number of nitrogens with one attached hydrogen (secondary N) is 1. The topological polar surface area (TPSA) is 64.1 Å². The number of amides is 1. The maximum Gasteiger partial charge on any atom is 0.321 e. The fourth-order valence-corrected chi connectivity index (χ4v) is 2.40. The number of benzene rings is 1. The first-order valence-electron chi connectivity index (χ1n) is 7.31. The summed E-state index contributed by atoms with van der Waals surface area (Å²) in [7, 11) is 0. The third-order valence-electron chi connectivity index (χ3n) is 3.43. The summed E-state index contributed by atoms with van der Waals surface area (Å²) in [6, 6.07) is 9.22. The van der Waals surface area contributed by atoms with Gasteiger partial charge in [-0.2, -0.15) is 0 Å². The Morgan fingerprint density at radius 2 is 2.14 bits per heavy atom. The first kappa shape index (κ1) is 14.3. The van der Waals surface area contributed by atoms with E-state index in [1.165, 1.54) is 0 Å². The van der Waals surface area contributed by atoms with Crippen LogP contribution in [0.25, 0.3) is 0 Å². The number of carbonyl (C=O) groups excluding carboxylic acids is 1. The van der Waals surface area contributed by atoms with E-state index in [9.17, 15) is 4.79 Å². The van der Waals surface area contributed by atoms with Crippen LogP contribution in [0.1, 0.15) is 19.3 Å². The number of ether oxygens (including phenoxy) is 1. The van der Waals surface area contributed by atoms with Crippen LogP contribution in [0.15, 0.2) is 54.9 Å². The van der Waals surface area contributed by atoms with Crippen molar-refractivity contribution in [3.63, 3.8) is 0 Å². The summed E-state index contributed by atoms with van der Waals surface area (Å²) in [6.45, 7) is 0. The van der Waals surface area contributed by atoms with E-state index in [0.29, 0.717) is 23.8 Å². The van der Waals surface area contributed by atoms with E-state index in [2.05, 4.69) is 27.4 Å². The molecule has 0 radical (unpaired) electrons. The molecule has 5 nitrogen and oxygen atoms in total. The lowest BCUT2D eigenvalue weighted by Gasteiger charge is -2.10. The van der Waals surface area contributed by atoms with Crippen LogP contribution in [0, 0.1) is 5.92 Å². The summed E-state index contributed by atoms with van der Waals surface area (Å²) in [5.74, 6) is 0.964. The van der Waals surface area contributed by atoms with Crippen molar-refractivity contribution in [3.8, 4) is 11.8 Å². The van der Waals surface area contributed by atoms with Crippen molar-refractivity contribution in [2.75, 3.05) is 5.32 Å². The van der Waals surface area contributed by atoms with Crippen LogP contribution < -0.4 is 10.1 Å². The second-order valence-electron chi connectivity index (χ2n) is 5.18. The van der Waals surface area contributed by atoms with Gasteiger partial charge in [0, 0.05) is 30.6 Å². The maximum absolute atomic E-state index is 12.0. The molecule has 0 aliphatic heterocycles. The minimum Gasteiger partial charge on any atom is -0.424 e. The summed E-state index contributed by atoms with van der Waals surface area (Å²) in [4.78, 5) is 20.0. The van der Waals surface area contributed by atoms with Gasteiger partial charge < -0.3 is 10.1 Å². The van der Waals surface area contributed by atoms with E-state index in [4.69, 9.17) is 4.74 Å². The van der Waals surface area contributed by atoms with Crippen LogP contribution in [0.5, 0.6) is 11.8 Å². The molecule has 22 heavy (non-hydrogen) atoms. The zero-order valence-corrected chi connectivity index (χ0v) is 12.1. The standard InChI is InChI=1S/C17H17N3O2/c21-16(11-13-5-1-2-6-13)20-14-7-3-8-15(12-14)22-17-18-9-4-10-19-17/h1,3-5,7-10,12-13H,2,6,11H2,(H,20,21). The zero-order valence-electron chi connectivity index (χ0n) is 12.1. The molecule has 1 unspecified atom stereocenters. The van der Waals surface area contributed by atoms with Crippen molar-refractivity contribution in [1.29, 1.82) is 0 Å². The molecule has 0 bridgehead atoms. The molecule has 0 saturated heterocycles. The van der Waals surface area contributed by atoms with Crippen LogP contribution in [0.2, 0.25) is 0 Å². The van der Waals surface area contributed by atoms with Crippen molar-refractivity contribution in [3.05, 3.63) is 54.9 Å². The fraction of sp³-hybridized carbons (Fsp3) is 0.235. The van der Waals surface area contributed by atoms with Gasteiger partial charge in [-0.25, -0.2) is 9.97 Å². The molecule has 1 N–H and O–H groups in total. The van der Waals surface area contributed by atoms with E-state index in [0.717, 1.165) is 12.8 Å². The number of hydrogen-bond donors (Lipinski definition) is 1. The highest BCUT2D eigenvalue weighted by molar-refractivity contribution is 5.91. The highest BCUT2D eigenvalue weighted by Crippen LogP contribution is 2.23. The SMILES string of the molecule is O=C(CC1C=CCC1)Nc1cccc(Oc2ncccn2)c1. The minimum atomic E-state index is 0.0182. The Balaban J connectivity index is 1.61. The average molecular weight is 295 g/mol. The van der Waals surface area contributed by atoms with Gasteiger partial charge in [0.05, 0.1) is 0 Å². The largest absolute Gasteiger partial charge is 0.424 e. The third kappa shape index (κ3) is 3.91. The molecule has 1 aliphatic carbocycles. The van der Waals surface area contributed by atoms with Crippen molar-refractivity contribution < 1.29 is 9.53 Å². The number of allylic oxidation sites excluding steroid dienone is 2. The minimum absolute atomic E-state index is 0.0182. The molecule has 1 heterocycles. The number of aromatic nitrogens is 2. The van der Waals surface area contributed by atoms with E-state index in [1.807, 2.05) is 12.1 Å². The fourth-order valence-electron chi connectivity index (χ4n) is 2.40. The Bertz CT molecular complexity index is 671. The van der Waals surface area contributed by atoms with Crippen LogP contribution in [-0.4, -0.2) is 15.9 Å². The molecule has 0 saturated carbocycles. The lowest BCUT2D eigenvalue weighted by Crippen LogP contribution is -2.14. The van der Waals surface area contributed by atoms with Crippen molar-refractivity contribution in [2.45, 2.75) is 19.3 Å². The van der Waals surface area contributed by atoms with Gasteiger partial charge in [-0.3, -0.25) is 4.79 Å². The first-order valence-corrected chi connectivity index (χ1v) is 7.31. The molecule has 1 aromatic carbocycles. The number of nitrogens with zero attached hydrogens (tertiary/aromatic N) is 2. The maximum atomic E-state index is 12.0. The van der Waals surface area contributed by atoms with Crippen LogP contribution in [-0.2, 0) is 4.79 Å². The highest BCUT2D eigenvalue weighted by atomic mass is 16.5. The van der Waals surface area contributed by atoms with Gasteiger partial charge in [0.1, 0.15) is 5.75 Å². The van der Waals surface area contributed by atoms with Gasteiger partial charge in [-0.1, -0.05) is 18.2 Å². The van der Waals surface area contributed by atoms with E-state index < -0.39 is 0 Å². The summed E-state index contributed by atoms with van der Waals surface area (Å²) in [5, 5.41) is 2.90. The molecule has 1 aromatic heterocycles. The Labute approximate surface area is 129 Å². The van der Waals surface area contributed by atoms with E-state index in [1.54, 1.807) is 30.6 Å². The summed E-state index contributed by atoms with van der Waals surface area (Å²) < 4.78 is 5.55. The van der Waals surface area contributed by atoms with Crippen molar-refractivity contribution in [2.24, 2.45) is 5.92 Å². The predicted molar refractivity (Wildman–Crippen MR) is 83.7 cm³/mol. The molecule has 1 aliphatic rings. The molecular formula is C17H17N3O2. The first-order chi connectivity index (χ1) is 10.8. The Kier molecular flexibility index (Phi) is 4.44. The Morgan fingerprint density at radius 1 is 1.27 bits per heavy atom. The molecule has 2 aromatic rings. The molecule has 5 heteroatoms. The molecule has 0 fully saturated rings. The number of carbonyl (C=O) groups is 1. The Hall–Kier alpha value is -2.69. The van der Waals surface area contributed by atoms with Gasteiger partial charge in [-0.05, 0) is 37.0 Å². The van der Waals surface area contributed by atoms with E-state index >= 15 is 0 Å². The third-order valence-corrected chi connectivity index (χ3v) is 3.43. The second-order valence-corrected chi connectivity index (χ2v) is 5.18. The molecule has 3 rings (SSSR count). The normalized spacial score (nSPS) is 16.5. The van der Waals surface area contributed by atoms with Crippen LogP contribution in [0.3, 0.4) is 0 Å². The Morgan fingerprint density at radius 3 is 2.91 bits per heavy atom. The smallest absolute Gasteiger partial charge is 0.321 e. The lowest BCUT2D eigenvalue weighted by atomic mass is 10.1. The van der Waals surface area contributed by atoms with Crippen LogP contribution >= 0.6 is 0 Å². The van der Waals surface area contributed by atoms with Gasteiger partial charge in [0.15, 0.2) is 0 Å². The number of rotatable bonds is 5. The molecule has 112 valence electrons. The second kappa shape index (κ2) is 6.85. The zero-order chi connectivity index (χ0) is 15.2. The summed E-state index contributed by atoms with van der Waals surface area (Å²) in [6.07, 6.45) is 10.1. The highest BCUT2D eigenvalue weighted by Gasteiger charge is 2.14. The van der Waals surface area contributed by atoms with Crippen molar-refractivity contribution in [1.82, 2.24) is 9.97 Å². The predicted octanol–water partition coefficient (Wildman–Crippen LogP) is 3.56. The van der Waals surface area contributed by atoms with Gasteiger partial charge in [0.25, 0.3) is 0 Å². The molecular weight excluding hydrogens is 278 g/mol. The monoisotopic (exact) mass is 295 g/mol.